The smallest absolute Gasteiger partial charge is 0.388 e. The van der Waals surface area contributed by atoms with E-state index in [4.69, 9.17) is 4.98 Å². The van der Waals surface area contributed by atoms with Crippen molar-refractivity contribution >= 4 is 43.2 Å². The topological polar surface area (TPSA) is 150 Å². The number of pyridine rings is 1. The van der Waals surface area contributed by atoms with Crippen molar-refractivity contribution in [2.24, 2.45) is 5.92 Å². The Morgan fingerprint density at radius 3 is 2.53 bits per heavy atom. The van der Waals surface area contributed by atoms with E-state index in [1.54, 1.807) is 19.2 Å². The van der Waals surface area contributed by atoms with E-state index in [9.17, 15) is 36.2 Å². The lowest BCUT2D eigenvalue weighted by atomic mass is 10.0. The van der Waals surface area contributed by atoms with E-state index >= 15 is 0 Å². The molecular weight excluding hydrogens is 612 g/mol. The summed E-state index contributed by atoms with van der Waals surface area (Å²) in [5.74, 6) is -2.51. The molecule has 10 nitrogen and oxygen atoms in total. The fourth-order valence-corrected chi connectivity index (χ4v) is 7.82. The number of thiazole rings is 1. The first-order chi connectivity index (χ1) is 20.2. The number of hydrogen-bond acceptors (Lipinski definition) is 11. The molecule has 0 radical (unpaired) electrons. The van der Waals surface area contributed by atoms with Crippen molar-refractivity contribution in [1.29, 1.82) is 0 Å². The van der Waals surface area contributed by atoms with Crippen molar-refractivity contribution in [3.63, 3.8) is 0 Å². The van der Waals surface area contributed by atoms with E-state index in [0.717, 1.165) is 34.7 Å². The van der Waals surface area contributed by atoms with Crippen molar-refractivity contribution in [2.75, 3.05) is 22.9 Å². The van der Waals surface area contributed by atoms with Crippen molar-refractivity contribution in [3.8, 4) is 10.6 Å². The Labute approximate surface area is 248 Å². The molecule has 1 aliphatic carbocycles. The SMILES string of the molecule is CCc1nccc2sc(-c3c(C)nc(NCC(F)(F)F)nc3NC3(O)CCC(CS(=O)(=O)c4ccc(F)cc4)C3O)nc12. The molecule has 5 rings (SSSR count). The normalized spacial score (nSPS) is 20.9. The number of benzene rings is 1. The number of aromatic nitrogens is 4. The van der Waals surface area contributed by atoms with Crippen LogP contribution in [0.5, 0.6) is 0 Å². The number of alkyl halides is 3. The molecule has 1 aliphatic rings. The average Bonchev–Trinajstić information content (AvgIpc) is 3.48. The summed E-state index contributed by atoms with van der Waals surface area (Å²) in [5, 5.41) is 28.0. The first-order valence-electron chi connectivity index (χ1n) is 13.3. The molecule has 1 saturated carbocycles. The van der Waals surface area contributed by atoms with Gasteiger partial charge in [-0.1, -0.05) is 6.92 Å². The maximum Gasteiger partial charge on any atom is 0.405 e. The molecule has 3 aromatic heterocycles. The molecule has 43 heavy (non-hydrogen) atoms. The van der Waals surface area contributed by atoms with Crippen molar-refractivity contribution in [3.05, 3.63) is 53.7 Å². The number of halogens is 4. The fraction of sp³-hybridized carbons (Fsp3) is 0.407. The molecular formula is C27H28F4N6O4S2. The van der Waals surface area contributed by atoms with E-state index in [1.807, 2.05) is 6.92 Å². The number of aryl methyl sites for hydroxylation is 2. The molecule has 1 aromatic carbocycles. The fourth-order valence-electron chi connectivity index (χ4n) is 5.09. The highest BCUT2D eigenvalue weighted by atomic mass is 32.2. The summed E-state index contributed by atoms with van der Waals surface area (Å²) in [5.41, 5.74) is -0.165. The second-order valence-corrected chi connectivity index (χ2v) is 13.4. The van der Waals surface area contributed by atoms with Crippen LogP contribution in [0.1, 0.15) is 31.2 Å². The van der Waals surface area contributed by atoms with E-state index < -0.39 is 51.9 Å². The number of hydrogen-bond donors (Lipinski definition) is 4. The lowest BCUT2D eigenvalue weighted by molar-refractivity contribution is -0.115. The Kier molecular flexibility index (Phi) is 8.32. The zero-order valence-electron chi connectivity index (χ0n) is 23.0. The Morgan fingerprint density at radius 2 is 1.86 bits per heavy atom. The predicted molar refractivity (Wildman–Crippen MR) is 153 cm³/mol. The molecule has 3 unspecified atom stereocenters. The van der Waals surface area contributed by atoms with Crippen LogP contribution in [0.25, 0.3) is 20.8 Å². The highest BCUT2D eigenvalue weighted by Gasteiger charge is 2.49. The molecule has 0 amide bonds. The number of anilines is 2. The second kappa shape index (κ2) is 11.6. The van der Waals surface area contributed by atoms with Gasteiger partial charge in [-0.3, -0.25) is 4.98 Å². The van der Waals surface area contributed by atoms with Gasteiger partial charge in [-0.25, -0.2) is 22.8 Å². The average molecular weight is 641 g/mol. The molecule has 0 saturated heterocycles. The van der Waals surface area contributed by atoms with Crippen LogP contribution in [0.15, 0.2) is 41.4 Å². The van der Waals surface area contributed by atoms with Gasteiger partial charge in [0.1, 0.15) is 34.8 Å². The van der Waals surface area contributed by atoms with E-state index in [0.29, 0.717) is 22.5 Å². The number of aliphatic hydroxyl groups excluding tert-OH is 1. The monoisotopic (exact) mass is 640 g/mol. The molecule has 1 fully saturated rings. The standard InChI is InChI=1S/C27H28F4N6O4S2/c1-3-18-21-19(9-11-32-18)42-24(35-21)20-14(2)34-25(33-13-27(29,30)31)36-23(20)37-26(39)10-8-15(22(26)38)12-43(40,41)17-6-4-16(28)5-7-17/h4-7,9,11,15,22,38-39H,3,8,10,12-13H2,1-2H3,(H2,33,34,36,37). The molecule has 3 atom stereocenters. The molecule has 0 bridgehead atoms. The highest BCUT2D eigenvalue weighted by Crippen LogP contribution is 2.42. The molecule has 0 spiro atoms. The van der Waals surface area contributed by atoms with Crippen molar-refractivity contribution in [1.82, 2.24) is 19.9 Å². The summed E-state index contributed by atoms with van der Waals surface area (Å²) >= 11 is 1.27. The van der Waals surface area contributed by atoms with Crippen LogP contribution in [-0.4, -0.2) is 68.9 Å². The number of rotatable bonds is 9. The Bertz CT molecular complexity index is 1750. The van der Waals surface area contributed by atoms with Crippen molar-refractivity contribution in [2.45, 2.75) is 56.0 Å². The molecule has 4 aromatic rings. The van der Waals surface area contributed by atoms with Gasteiger partial charge >= 0.3 is 6.18 Å². The van der Waals surface area contributed by atoms with Gasteiger partial charge in [-0.05, 0) is 56.5 Å². The number of fused-ring (bicyclic) bond motifs is 1. The summed E-state index contributed by atoms with van der Waals surface area (Å²) in [4.78, 5) is 17.3. The first-order valence-corrected chi connectivity index (χ1v) is 15.8. The molecule has 0 aliphatic heterocycles. The minimum atomic E-state index is -4.55. The quantitative estimate of drug-likeness (QED) is 0.117. The Hall–Kier alpha value is -3.47. The zero-order chi connectivity index (χ0) is 31.2. The van der Waals surface area contributed by atoms with Crippen LogP contribution in [0.2, 0.25) is 0 Å². The summed E-state index contributed by atoms with van der Waals surface area (Å²) in [6, 6.07) is 6.05. The van der Waals surface area contributed by atoms with Crippen LogP contribution >= 0.6 is 11.3 Å². The van der Waals surface area contributed by atoms with Gasteiger partial charge in [0, 0.05) is 12.1 Å². The van der Waals surface area contributed by atoms with Crippen LogP contribution in [0.3, 0.4) is 0 Å². The molecule has 3 heterocycles. The van der Waals surface area contributed by atoms with Crippen LogP contribution in [-0.2, 0) is 16.3 Å². The van der Waals surface area contributed by atoms with E-state index in [2.05, 4.69) is 25.6 Å². The Balaban J connectivity index is 1.49. The predicted octanol–water partition coefficient (Wildman–Crippen LogP) is 4.48. The van der Waals surface area contributed by atoms with E-state index in [1.165, 1.54) is 11.3 Å². The Morgan fingerprint density at radius 1 is 1.14 bits per heavy atom. The second-order valence-electron chi connectivity index (χ2n) is 10.3. The summed E-state index contributed by atoms with van der Waals surface area (Å²) < 4.78 is 78.9. The van der Waals surface area contributed by atoms with Gasteiger partial charge in [0.2, 0.25) is 5.95 Å². The first kappa shape index (κ1) is 31.0. The van der Waals surface area contributed by atoms with Crippen LogP contribution in [0, 0.1) is 18.7 Å². The minimum Gasteiger partial charge on any atom is -0.388 e. The number of nitrogens with one attached hydrogen (secondary N) is 2. The lowest BCUT2D eigenvalue weighted by Crippen LogP contribution is -2.48. The minimum absolute atomic E-state index is 0.0918. The van der Waals surface area contributed by atoms with Crippen LogP contribution < -0.4 is 10.6 Å². The third kappa shape index (κ3) is 6.56. The lowest BCUT2D eigenvalue weighted by Gasteiger charge is -2.31. The van der Waals surface area contributed by atoms with Gasteiger partial charge < -0.3 is 20.8 Å². The zero-order valence-corrected chi connectivity index (χ0v) is 24.6. The molecule has 16 heteroatoms. The number of aliphatic hydroxyl groups is 2. The van der Waals surface area contributed by atoms with E-state index in [-0.39, 0.29) is 35.2 Å². The third-order valence-electron chi connectivity index (χ3n) is 7.24. The highest BCUT2D eigenvalue weighted by molar-refractivity contribution is 7.91. The van der Waals surface area contributed by atoms with Crippen molar-refractivity contribution < 1.29 is 36.2 Å². The summed E-state index contributed by atoms with van der Waals surface area (Å²) in [6.07, 6.45) is -3.92. The molecule has 4 N–H and O–H groups in total. The maximum absolute atomic E-state index is 13.3. The number of sulfone groups is 1. The largest absolute Gasteiger partial charge is 0.405 e. The van der Waals surface area contributed by atoms with Gasteiger partial charge in [-0.2, -0.15) is 18.2 Å². The molecule has 230 valence electrons. The van der Waals surface area contributed by atoms with Gasteiger partial charge in [0.25, 0.3) is 0 Å². The van der Waals surface area contributed by atoms with Crippen LogP contribution in [0.4, 0.5) is 29.3 Å². The summed E-state index contributed by atoms with van der Waals surface area (Å²) in [6.45, 7) is 2.07. The maximum atomic E-state index is 13.3. The van der Waals surface area contributed by atoms with Gasteiger partial charge in [-0.15, -0.1) is 11.3 Å². The van der Waals surface area contributed by atoms with Gasteiger partial charge in [0.15, 0.2) is 15.6 Å². The van der Waals surface area contributed by atoms with Gasteiger partial charge in [0.05, 0.1) is 32.3 Å². The number of nitrogens with zero attached hydrogens (tertiary/aromatic N) is 4. The third-order valence-corrected chi connectivity index (χ3v) is 10.1. The summed E-state index contributed by atoms with van der Waals surface area (Å²) in [7, 11) is -3.95.